The van der Waals surface area contributed by atoms with Crippen LogP contribution in [0.15, 0.2) is 29.2 Å². The maximum absolute atomic E-state index is 13.2. The van der Waals surface area contributed by atoms with Crippen LogP contribution in [0.5, 0.6) is 0 Å². The maximum atomic E-state index is 13.2. The lowest BCUT2D eigenvalue weighted by Gasteiger charge is -2.04. The van der Waals surface area contributed by atoms with Gasteiger partial charge in [-0.1, -0.05) is 12.1 Å². The van der Waals surface area contributed by atoms with Crippen LogP contribution < -0.4 is 5.73 Å². The Morgan fingerprint density at radius 2 is 1.94 bits per heavy atom. The number of thioether (sulfide) groups is 1. The fraction of sp³-hybridized carbons (Fsp3) is 0.364. The third-order valence-corrected chi connectivity index (χ3v) is 5.11. The van der Waals surface area contributed by atoms with Gasteiger partial charge in [0.2, 0.25) is 5.91 Å². The number of carbonyl (C=O) groups excluding carboxylic acids is 1. The molecule has 0 saturated heterocycles. The molecule has 7 heteroatoms. The molecule has 0 fully saturated rings. The predicted molar refractivity (Wildman–Crippen MR) is 69.6 cm³/mol. The van der Waals surface area contributed by atoms with E-state index in [9.17, 15) is 17.6 Å². The SMILES string of the molecule is NC(=O)CCS(=O)(=O)CCSc1ccccc1F. The van der Waals surface area contributed by atoms with Gasteiger partial charge < -0.3 is 5.73 Å². The van der Waals surface area contributed by atoms with Gasteiger partial charge in [0.15, 0.2) is 9.84 Å². The zero-order valence-electron chi connectivity index (χ0n) is 9.63. The van der Waals surface area contributed by atoms with Gasteiger partial charge in [-0.3, -0.25) is 4.79 Å². The van der Waals surface area contributed by atoms with Gasteiger partial charge in [-0.15, -0.1) is 11.8 Å². The zero-order valence-corrected chi connectivity index (χ0v) is 11.3. The van der Waals surface area contributed by atoms with Gasteiger partial charge in [0, 0.05) is 17.1 Å². The van der Waals surface area contributed by atoms with Crippen LogP contribution in [0.4, 0.5) is 4.39 Å². The second kappa shape index (κ2) is 6.75. The van der Waals surface area contributed by atoms with Crippen LogP contribution in [-0.4, -0.2) is 31.6 Å². The van der Waals surface area contributed by atoms with Crippen molar-refractivity contribution in [2.24, 2.45) is 5.73 Å². The summed E-state index contributed by atoms with van der Waals surface area (Å²) in [5, 5.41) is 0. The largest absolute Gasteiger partial charge is 0.370 e. The van der Waals surface area contributed by atoms with E-state index in [4.69, 9.17) is 5.73 Å². The molecule has 0 aliphatic heterocycles. The molecule has 18 heavy (non-hydrogen) atoms. The van der Waals surface area contributed by atoms with E-state index in [0.717, 1.165) is 11.8 Å². The molecule has 0 spiro atoms. The average molecular weight is 291 g/mol. The molecule has 100 valence electrons. The fourth-order valence-corrected chi connectivity index (χ4v) is 3.86. The van der Waals surface area contributed by atoms with Crippen molar-refractivity contribution in [3.8, 4) is 0 Å². The predicted octanol–water partition coefficient (Wildman–Crippen LogP) is 1.21. The van der Waals surface area contributed by atoms with Gasteiger partial charge in [0.05, 0.1) is 11.5 Å². The second-order valence-electron chi connectivity index (χ2n) is 3.65. The van der Waals surface area contributed by atoms with Crippen LogP contribution in [0, 0.1) is 5.82 Å². The molecule has 1 amide bonds. The Morgan fingerprint density at radius 3 is 2.56 bits per heavy atom. The van der Waals surface area contributed by atoms with Gasteiger partial charge in [0.1, 0.15) is 5.82 Å². The molecule has 0 radical (unpaired) electrons. The smallest absolute Gasteiger partial charge is 0.218 e. The van der Waals surface area contributed by atoms with Gasteiger partial charge >= 0.3 is 0 Å². The van der Waals surface area contributed by atoms with Crippen molar-refractivity contribution in [2.45, 2.75) is 11.3 Å². The summed E-state index contributed by atoms with van der Waals surface area (Å²) in [4.78, 5) is 10.9. The van der Waals surface area contributed by atoms with E-state index in [1.54, 1.807) is 18.2 Å². The monoisotopic (exact) mass is 291 g/mol. The maximum Gasteiger partial charge on any atom is 0.218 e. The van der Waals surface area contributed by atoms with Gasteiger partial charge in [-0.05, 0) is 12.1 Å². The Labute approximate surface area is 110 Å². The highest BCUT2D eigenvalue weighted by atomic mass is 32.2. The first-order valence-electron chi connectivity index (χ1n) is 5.27. The highest BCUT2D eigenvalue weighted by Gasteiger charge is 2.13. The molecule has 1 rings (SSSR count). The average Bonchev–Trinajstić information content (AvgIpc) is 2.29. The van der Waals surface area contributed by atoms with Crippen LogP contribution >= 0.6 is 11.8 Å². The molecule has 0 saturated carbocycles. The Bertz CT molecular complexity index is 517. The Hall–Kier alpha value is -1.08. The van der Waals surface area contributed by atoms with Crippen molar-refractivity contribution in [3.05, 3.63) is 30.1 Å². The molecule has 0 atom stereocenters. The summed E-state index contributed by atoms with van der Waals surface area (Å²) in [7, 11) is -3.30. The number of halogens is 1. The molecule has 2 N–H and O–H groups in total. The molecular weight excluding hydrogens is 277 g/mol. The number of primary amides is 1. The molecule has 1 aromatic rings. The van der Waals surface area contributed by atoms with Crippen LogP contribution in [0.2, 0.25) is 0 Å². The third-order valence-electron chi connectivity index (χ3n) is 2.15. The number of nitrogens with two attached hydrogens (primary N) is 1. The lowest BCUT2D eigenvalue weighted by molar-refractivity contribution is -0.117. The summed E-state index contributed by atoms with van der Waals surface area (Å²) in [6.45, 7) is 0. The van der Waals surface area contributed by atoms with Gasteiger partial charge in [0.25, 0.3) is 0 Å². The first-order valence-corrected chi connectivity index (χ1v) is 8.07. The summed E-state index contributed by atoms with van der Waals surface area (Å²) >= 11 is 1.14. The minimum absolute atomic E-state index is 0.0979. The van der Waals surface area contributed by atoms with Gasteiger partial charge in [-0.2, -0.15) is 0 Å². The summed E-state index contributed by atoms with van der Waals surface area (Å²) in [5.41, 5.74) is 4.88. The molecule has 0 aliphatic rings. The lowest BCUT2D eigenvalue weighted by atomic mass is 10.3. The summed E-state index contributed by atoms with van der Waals surface area (Å²) in [5.74, 6) is -1.10. The van der Waals surface area contributed by atoms with Crippen molar-refractivity contribution in [3.63, 3.8) is 0 Å². The van der Waals surface area contributed by atoms with Crippen LogP contribution in [0.3, 0.4) is 0 Å². The van der Waals surface area contributed by atoms with Crippen molar-refractivity contribution in [2.75, 3.05) is 17.3 Å². The van der Waals surface area contributed by atoms with E-state index < -0.39 is 15.7 Å². The second-order valence-corrected chi connectivity index (χ2v) is 7.09. The van der Waals surface area contributed by atoms with Crippen LogP contribution in [0.1, 0.15) is 6.42 Å². The van der Waals surface area contributed by atoms with Crippen molar-refractivity contribution >= 4 is 27.5 Å². The third kappa shape index (κ3) is 5.50. The van der Waals surface area contributed by atoms with E-state index in [1.807, 2.05) is 0 Å². The molecule has 0 aromatic heterocycles. The quantitative estimate of drug-likeness (QED) is 0.766. The zero-order chi connectivity index (χ0) is 13.6. The fourth-order valence-electron chi connectivity index (χ4n) is 1.20. The normalized spacial score (nSPS) is 11.4. The van der Waals surface area contributed by atoms with Crippen molar-refractivity contribution < 1.29 is 17.6 Å². The molecule has 0 aliphatic carbocycles. The van der Waals surface area contributed by atoms with E-state index in [-0.39, 0.29) is 29.5 Å². The molecule has 0 heterocycles. The molecule has 0 unspecified atom stereocenters. The number of hydrogen-bond donors (Lipinski definition) is 1. The highest BCUT2D eigenvalue weighted by Crippen LogP contribution is 2.21. The Morgan fingerprint density at radius 1 is 1.28 bits per heavy atom. The molecule has 4 nitrogen and oxygen atoms in total. The highest BCUT2D eigenvalue weighted by molar-refractivity contribution is 8.00. The molecule has 1 aromatic carbocycles. The number of benzene rings is 1. The van der Waals surface area contributed by atoms with Gasteiger partial charge in [-0.25, -0.2) is 12.8 Å². The first kappa shape index (κ1) is 15.0. The van der Waals surface area contributed by atoms with Crippen LogP contribution in [0.25, 0.3) is 0 Å². The van der Waals surface area contributed by atoms with Crippen molar-refractivity contribution in [1.29, 1.82) is 0 Å². The van der Waals surface area contributed by atoms with Crippen molar-refractivity contribution in [1.82, 2.24) is 0 Å². The number of rotatable bonds is 7. The Balaban J connectivity index is 2.42. The topological polar surface area (TPSA) is 77.2 Å². The first-order chi connectivity index (χ1) is 8.41. The van der Waals surface area contributed by atoms with E-state index in [1.165, 1.54) is 6.07 Å². The molecular formula is C11H14FNO3S2. The standard InChI is InChI=1S/C11H14FNO3S2/c12-9-3-1-2-4-10(9)17-6-8-18(15,16)7-5-11(13)14/h1-4H,5-8H2,(H2,13,14). The molecule has 0 bridgehead atoms. The minimum Gasteiger partial charge on any atom is -0.370 e. The van der Waals surface area contributed by atoms with Crippen LogP contribution in [-0.2, 0) is 14.6 Å². The van der Waals surface area contributed by atoms with E-state index >= 15 is 0 Å². The summed E-state index contributed by atoms with van der Waals surface area (Å²) in [6.07, 6.45) is -0.174. The number of amides is 1. The summed E-state index contributed by atoms with van der Waals surface area (Å²) < 4.78 is 36.2. The lowest BCUT2D eigenvalue weighted by Crippen LogP contribution is -2.19. The summed E-state index contributed by atoms with van der Waals surface area (Å²) in [6, 6.07) is 6.18. The number of carbonyl (C=O) groups is 1. The van der Waals surface area contributed by atoms with E-state index in [2.05, 4.69) is 0 Å². The van der Waals surface area contributed by atoms with E-state index in [0.29, 0.717) is 4.90 Å². The number of hydrogen-bond acceptors (Lipinski definition) is 4. The Kier molecular flexibility index (Phi) is 5.61. The minimum atomic E-state index is -3.30. The number of sulfone groups is 1.